The van der Waals surface area contributed by atoms with Crippen LogP contribution in [-0.4, -0.2) is 73.2 Å². The molecule has 218 valence electrons. The maximum Gasteiger partial charge on any atom is 0.327 e. The quantitative estimate of drug-likeness (QED) is 0.241. The van der Waals surface area contributed by atoms with Crippen molar-refractivity contribution in [3.63, 3.8) is 0 Å². The minimum Gasteiger partial charge on any atom is -0.459 e. The molecular formula is C29H35BrN6O4S. The van der Waals surface area contributed by atoms with Gasteiger partial charge in [0.15, 0.2) is 5.82 Å². The van der Waals surface area contributed by atoms with E-state index in [9.17, 15) is 13.2 Å². The van der Waals surface area contributed by atoms with Crippen molar-refractivity contribution in [1.82, 2.24) is 19.4 Å². The number of hydrogen-bond acceptors (Lipinski definition) is 8. The summed E-state index contributed by atoms with van der Waals surface area (Å²) in [6.07, 6.45) is 5.21. The first-order chi connectivity index (χ1) is 19.2. The van der Waals surface area contributed by atoms with E-state index in [2.05, 4.69) is 36.1 Å². The zero-order valence-corrected chi connectivity index (χ0v) is 26.5. The predicted molar refractivity (Wildman–Crippen MR) is 165 cm³/mol. The van der Waals surface area contributed by atoms with Gasteiger partial charge in [-0.2, -0.15) is 0 Å². The van der Waals surface area contributed by atoms with E-state index in [0.29, 0.717) is 21.8 Å². The van der Waals surface area contributed by atoms with Crippen LogP contribution in [0.25, 0.3) is 16.7 Å². The van der Waals surface area contributed by atoms with E-state index < -0.39 is 28.1 Å². The van der Waals surface area contributed by atoms with Crippen LogP contribution in [-0.2, 0) is 19.6 Å². The first-order valence-corrected chi connectivity index (χ1v) is 15.3. The van der Waals surface area contributed by atoms with Gasteiger partial charge in [-0.3, -0.25) is 13.7 Å². The third-order valence-corrected chi connectivity index (χ3v) is 8.22. The molecule has 0 aliphatic rings. The number of esters is 1. The normalized spacial score (nSPS) is 12.1. The van der Waals surface area contributed by atoms with Crippen molar-refractivity contribution >= 4 is 54.3 Å². The lowest BCUT2D eigenvalue weighted by Gasteiger charge is -2.26. The lowest BCUT2D eigenvalue weighted by atomic mass is 10.2. The van der Waals surface area contributed by atoms with Crippen molar-refractivity contribution in [3.8, 4) is 5.82 Å². The second-order valence-electron chi connectivity index (χ2n) is 11.0. The van der Waals surface area contributed by atoms with Crippen LogP contribution in [0.1, 0.15) is 26.3 Å². The Morgan fingerprint density at radius 2 is 1.83 bits per heavy atom. The topological polar surface area (TPSA) is 110 Å². The molecule has 0 saturated heterocycles. The molecule has 10 nitrogen and oxygen atoms in total. The summed E-state index contributed by atoms with van der Waals surface area (Å²) >= 11 is 3.39. The van der Waals surface area contributed by atoms with E-state index in [-0.39, 0.29) is 4.90 Å². The van der Waals surface area contributed by atoms with E-state index in [1.54, 1.807) is 57.4 Å². The third-order valence-electron chi connectivity index (χ3n) is 6.01. The second-order valence-corrected chi connectivity index (χ2v) is 13.8. The summed E-state index contributed by atoms with van der Waals surface area (Å²) in [6, 6.07) is 12.0. The first-order valence-electron chi connectivity index (χ1n) is 13.1. The first kappa shape index (κ1) is 30.5. The van der Waals surface area contributed by atoms with Crippen molar-refractivity contribution in [1.29, 1.82) is 0 Å². The SMILES string of the molecule is Cc1cc(Br)cc(S(=O)(=O)N(CC(=O)OC(C)(C)C)c2ccc3c(ccn3-c3cnc(NCCN(C)C)cn3)c2)c1. The molecule has 0 fully saturated rings. The van der Waals surface area contributed by atoms with Gasteiger partial charge in [-0.15, -0.1) is 0 Å². The highest BCUT2D eigenvalue weighted by Gasteiger charge is 2.30. The fraction of sp³-hybridized carbons (Fsp3) is 0.345. The van der Waals surface area contributed by atoms with Crippen LogP contribution in [0, 0.1) is 6.92 Å². The summed E-state index contributed by atoms with van der Waals surface area (Å²) in [7, 11) is -0.105. The predicted octanol–water partition coefficient (Wildman–Crippen LogP) is 5.00. The Labute approximate surface area is 249 Å². The maximum absolute atomic E-state index is 13.9. The van der Waals surface area contributed by atoms with Gasteiger partial charge in [-0.25, -0.2) is 18.4 Å². The van der Waals surface area contributed by atoms with Gasteiger partial charge in [0, 0.05) is 29.1 Å². The number of carbonyl (C=O) groups is 1. The summed E-state index contributed by atoms with van der Waals surface area (Å²) in [4.78, 5) is 24.0. The Bertz CT molecular complexity index is 1630. The van der Waals surface area contributed by atoms with Crippen molar-refractivity contribution in [2.24, 2.45) is 0 Å². The van der Waals surface area contributed by atoms with E-state index in [1.165, 1.54) is 6.07 Å². The zero-order valence-electron chi connectivity index (χ0n) is 24.1. The summed E-state index contributed by atoms with van der Waals surface area (Å²) in [5.74, 6) is 0.647. The Morgan fingerprint density at radius 1 is 1.07 bits per heavy atom. The van der Waals surface area contributed by atoms with Gasteiger partial charge in [-0.05, 0) is 89.8 Å². The van der Waals surface area contributed by atoms with Gasteiger partial charge in [-0.1, -0.05) is 15.9 Å². The number of sulfonamides is 1. The molecule has 0 saturated carbocycles. The lowest BCUT2D eigenvalue weighted by molar-refractivity contribution is -0.152. The number of halogens is 1. The fourth-order valence-electron chi connectivity index (χ4n) is 4.21. The molecule has 0 amide bonds. The largest absolute Gasteiger partial charge is 0.459 e. The molecule has 41 heavy (non-hydrogen) atoms. The van der Waals surface area contributed by atoms with Crippen LogP contribution < -0.4 is 9.62 Å². The molecule has 0 bridgehead atoms. The van der Waals surface area contributed by atoms with Crippen LogP contribution in [0.5, 0.6) is 0 Å². The Kier molecular flexibility index (Phi) is 9.05. The number of hydrogen-bond donors (Lipinski definition) is 1. The number of ether oxygens (including phenoxy) is 1. The number of nitrogens with one attached hydrogen (secondary N) is 1. The van der Waals surface area contributed by atoms with Crippen molar-refractivity contribution in [2.75, 3.05) is 43.4 Å². The number of anilines is 2. The third kappa shape index (κ3) is 7.63. The van der Waals surface area contributed by atoms with Gasteiger partial charge in [0.2, 0.25) is 0 Å². The number of aryl methyl sites for hydroxylation is 1. The minimum atomic E-state index is -4.12. The highest BCUT2D eigenvalue weighted by atomic mass is 79.9. The summed E-state index contributed by atoms with van der Waals surface area (Å²) in [6.45, 7) is 8.17. The van der Waals surface area contributed by atoms with Crippen LogP contribution in [0.15, 0.2) is 70.4 Å². The molecule has 0 radical (unpaired) electrons. The van der Waals surface area contributed by atoms with E-state index in [1.807, 2.05) is 43.9 Å². The van der Waals surface area contributed by atoms with Crippen LogP contribution in [0.3, 0.4) is 0 Å². The highest BCUT2D eigenvalue weighted by Crippen LogP contribution is 2.30. The van der Waals surface area contributed by atoms with Crippen molar-refractivity contribution in [3.05, 3.63) is 71.1 Å². The average Bonchev–Trinajstić information content (AvgIpc) is 3.29. The number of carbonyl (C=O) groups excluding carboxylic acids is 1. The van der Waals surface area contributed by atoms with Crippen LogP contribution in [0.2, 0.25) is 0 Å². The molecule has 1 N–H and O–H groups in total. The summed E-state index contributed by atoms with van der Waals surface area (Å²) in [5, 5.41) is 4.01. The molecule has 0 aliphatic heterocycles. The second kappa shape index (κ2) is 12.2. The van der Waals surface area contributed by atoms with Gasteiger partial charge in [0.1, 0.15) is 18.0 Å². The summed E-state index contributed by atoms with van der Waals surface area (Å²) in [5.41, 5.74) is 1.15. The number of benzene rings is 2. The number of likely N-dealkylation sites (N-methyl/N-ethyl adjacent to an activating group) is 1. The van der Waals surface area contributed by atoms with E-state index in [4.69, 9.17) is 4.74 Å². The minimum absolute atomic E-state index is 0.0696. The Morgan fingerprint density at radius 3 is 2.46 bits per heavy atom. The number of fused-ring (bicyclic) bond motifs is 1. The van der Waals surface area contributed by atoms with E-state index in [0.717, 1.165) is 33.9 Å². The Balaban J connectivity index is 1.68. The fourth-order valence-corrected chi connectivity index (χ4v) is 6.51. The van der Waals surface area contributed by atoms with Gasteiger partial charge < -0.3 is 15.0 Å². The number of rotatable bonds is 10. The highest BCUT2D eigenvalue weighted by molar-refractivity contribution is 9.10. The van der Waals surface area contributed by atoms with Gasteiger partial charge in [0.25, 0.3) is 10.0 Å². The number of nitrogens with zero attached hydrogens (tertiary/aromatic N) is 5. The summed E-state index contributed by atoms with van der Waals surface area (Å²) < 4.78 is 36.9. The van der Waals surface area contributed by atoms with Gasteiger partial charge in [0.05, 0.1) is 28.5 Å². The molecule has 2 heterocycles. The maximum atomic E-state index is 13.9. The number of aromatic nitrogens is 3. The average molecular weight is 644 g/mol. The molecule has 2 aromatic carbocycles. The van der Waals surface area contributed by atoms with Crippen molar-refractivity contribution < 1.29 is 17.9 Å². The van der Waals surface area contributed by atoms with Crippen LogP contribution in [0.4, 0.5) is 11.5 Å². The van der Waals surface area contributed by atoms with Gasteiger partial charge >= 0.3 is 5.97 Å². The lowest BCUT2D eigenvalue weighted by Crippen LogP contribution is -2.39. The Hall–Kier alpha value is -3.48. The molecule has 0 unspecified atom stereocenters. The monoisotopic (exact) mass is 642 g/mol. The van der Waals surface area contributed by atoms with Crippen LogP contribution >= 0.6 is 15.9 Å². The zero-order chi connectivity index (χ0) is 29.9. The molecule has 0 aliphatic carbocycles. The molecule has 0 atom stereocenters. The van der Waals surface area contributed by atoms with Crippen molar-refractivity contribution in [2.45, 2.75) is 38.2 Å². The molecule has 4 aromatic rings. The smallest absolute Gasteiger partial charge is 0.327 e. The van der Waals surface area contributed by atoms with E-state index >= 15 is 0 Å². The molecule has 0 spiro atoms. The molecular weight excluding hydrogens is 608 g/mol. The standard InChI is InChI=1S/C29H35BrN6O4S/c1-20-13-22(30)16-24(14-20)41(38,39)36(19-28(37)40-29(2,3)4)23-7-8-25-21(15-23)9-11-35(25)27-18-32-26(17-33-27)31-10-12-34(5)6/h7-9,11,13-18H,10,12,19H2,1-6H3,(H,31,32). The molecule has 12 heteroatoms. The molecule has 4 rings (SSSR count). The molecule has 2 aromatic heterocycles.